The summed E-state index contributed by atoms with van der Waals surface area (Å²) in [4.78, 5) is 0. The first-order chi connectivity index (χ1) is 4.18. The summed E-state index contributed by atoms with van der Waals surface area (Å²) >= 11 is 0. The smallest absolute Gasteiger partial charge is 0.0139 e. The van der Waals surface area contributed by atoms with Gasteiger partial charge in [-0.15, -0.1) is 0 Å². The minimum Gasteiger partial charge on any atom is -0.0993 e. The number of hydrogen-bond donors (Lipinski definition) is 0. The van der Waals surface area contributed by atoms with Gasteiger partial charge >= 0.3 is 0 Å². The molecule has 0 aromatic heterocycles. The Morgan fingerprint density at radius 2 is 2.11 bits per heavy atom. The van der Waals surface area contributed by atoms with E-state index in [4.69, 9.17) is 0 Å². The Morgan fingerprint density at radius 3 is 2.44 bits per heavy atom. The lowest BCUT2D eigenvalue weighted by Gasteiger charge is -2.04. The highest BCUT2D eigenvalue weighted by Gasteiger charge is 1.94. The summed E-state index contributed by atoms with van der Waals surface area (Å²) in [5.41, 5.74) is 1.31. The van der Waals surface area contributed by atoms with E-state index in [2.05, 4.69) is 32.6 Å². The largest absolute Gasteiger partial charge is 0.0993 e. The second kappa shape index (κ2) is 4.37. The van der Waals surface area contributed by atoms with E-state index in [0.29, 0.717) is 5.92 Å². The predicted octanol–water partition coefficient (Wildman–Crippen LogP) is 3.16. The maximum Gasteiger partial charge on any atom is -0.0139 e. The third kappa shape index (κ3) is 4.01. The molecule has 0 heterocycles. The molecule has 0 fully saturated rings. The third-order valence-corrected chi connectivity index (χ3v) is 1.43. The SMILES string of the molecule is C=C(C/C=C\C)C(C)C. The fourth-order valence-electron chi connectivity index (χ4n) is 0.505. The highest BCUT2D eigenvalue weighted by atomic mass is 14.0. The predicted molar refractivity (Wildman–Crippen MR) is 43.4 cm³/mol. The van der Waals surface area contributed by atoms with E-state index in [0.717, 1.165) is 6.42 Å². The van der Waals surface area contributed by atoms with Crippen LogP contribution in [-0.2, 0) is 0 Å². The van der Waals surface area contributed by atoms with Crippen molar-refractivity contribution in [2.24, 2.45) is 5.92 Å². The maximum atomic E-state index is 3.94. The van der Waals surface area contributed by atoms with Gasteiger partial charge in [-0.2, -0.15) is 0 Å². The molecule has 0 atom stereocenters. The van der Waals surface area contributed by atoms with E-state index in [1.807, 2.05) is 6.92 Å². The second-order valence-electron chi connectivity index (χ2n) is 2.59. The van der Waals surface area contributed by atoms with Gasteiger partial charge in [0.2, 0.25) is 0 Å². The van der Waals surface area contributed by atoms with Gasteiger partial charge in [0.05, 0.1) is 0 Å². The summed E-state index contributed by atoms with van der Waals surface area (Å²) in [5, 5.41) is 0. The number of rotatable bonds is 3. The fourth-order valence-corrected chi connectivity index (χ4v) is 0.505. The summed E-state index contributed by atoms with van der Waals surface area (Å²) in [6.45, 7) is 10.3. The summed E-state index contributed by atoms with van der Waals surface area (Å²) < 4.78 is 0. The van der Waals surface area contributed by atoms with Crippen molar-refractivity contribution in [3.63, 3.8) is 0 Å². The Labute approximate surface area is 58.3 Å². The molecule has 0 aromatic rings. The zero-order valence-electron chi connectivity index (χ0n) is 6.65. The quantitative estimate of drug-likeness (QED) is 0.507. The summed E-state index contributed by atoms with van der Waals surface area (Å²) in [5.74, 6) is 0.626. The van der Waals surface area contributed by atoms with Crippen LogP contribution in [0.1, 0.15) is 27.2 Å². The molecule has 0 aliphatic heterocycles. The van der Waals surface area contributed by atoms with Crippen molar-refractivity contribution in [1.82, 2.24) is 0 Å². The molecule has 0 N–H and O–H groups in total. The van der Waals surface area contributed by atoms with Gasteiger partial charge in [-0.05, 0) is 19.3 Å². The minimum absolute atomic E-state index is 0.626. The van der Waals surface area contributed by atoms with Crippen LogP contribution in [0.2, 0.25) is 0 Å². The Kier molecular flexibility index (Phi) is 4.12. The van der Waals surface area contributed by atoms with E-state index in [-0.39, 0.29) is 0 Å². The van der Waals surface area contributed by atoms with Crippen LogP contribution in [0.4, 0.5) is 0 Å². The normalized spacial score (nSPS) is 11.1. The van der Waals surface area contributed by atoms with E-state index < -0.39 is 0 Å². The molecule has 52 valence electrons. The van der Waals surface area contributed by atoms with Gasteiger partial charge in [0.25, 0.3) is 0 Å². The zero-order chi connectivity index (χ0) is 7.28. The molecular formula is C9H16. The van der Waals surface area contributed by atoms with Crippen molar-refractivity contribution >= 4 is 0 Å². The van der Waals surface area contributed by atoms with Gasteiger partial charge in [0.1, 0.15) is 0 Å². The van der Waals surface area contributed by atoms with Crippen LogP contribution in [0, 0.1) is 5.92 Å². The van der Waals surface area contributed by atoms with Crippen LogP contribution in [0.15, 0.2) is 24.3 Å². The van der Waals surface area contributed by atoms with Crippen molar-refractivity contribution in [3.05, 3.63) is 24.3 Å². The molecule has 0 rings (SSSR count). The number of allylic oxidation sites excluding steroid dienone is 3. The topological polar surface area (TPSA) is 0 Å². The van der Waals surface area contributed by atoms with Gasteiger partial charge < -0.3 is 0 Å². The maximum absolute atomic E-state index is 3.94. The molecule has 0 radical (unpaired) electrons. The molecule has 0 aliphatic carbocycles. The van der Waals surface area contributed by atoms with E-state index >= 15 is 0 Å². The van der Waals surface area contributed by atoms with Gasteiger partial charge in [-0.25, -0.2) is 0 Å². The molecule has 0 bridgehead atoms. The van der Waals surface area contributed by atoms with Crippen molar-refractivity contribution in [3.8, 4) is 0 Å². The van der Waals surface area contributed by atoms with Gasteiger partial charge in [0, 0.05) is 0 Å². The molecule has 0 saturated carbocycles. The monoisotopic (exact) mass is 124 g/mol. The van der Waals surface area contributed by atoms with Crippen LogP contribution < -0.4 is 0 Å². The molecule has 0 nitrogen and oxygen atoms in total. The molecular weight excluding hydrogens is 108 g/mol. The zero-order valence-corrected chi connectivity index (χ0v) is 6.65. The first kappa shape index (κ1) is 8.48. The lowest BCUT2D eigenvalue weighted by atomic mass is 10.0. The first-order valence-electron chi connectivity index (χ1n) is 3.47. The highest BCUT2D eigenvalue weighted by molar-refractivity contribution is 5.03. The molecule has 0 amide bonds. The van der Waals surface area contributed by atoms with Gasteiger partial charge in [0.15, 0.2) is 0 Å². The van der Waals surface area contributed by atoms with E-state index in [1.54, 1.807) is 0 Å². The second-order valence-corrected chi connectivity index (χ2v) is 2.59. The molecule has 0 spiro atoms. The van der Waals surface area contributed by atoms with Crippen LogP contribution in [0.3, 0.4) is 0 Å². The summed E-state index contributed by atoms with van der Waals surface area (Å²) in [6.07, 6.45) is 5.24. The first-order valence-corrected chi connectivity index (χ1v) is 3.47. The van der Waals surface area contributed by atoms with Crippen LogP contribution in [0.5, 0.6) is 0 Å². The summed E-state index contributed by atoms with van der Waals surface area (Å²) in [7, 11) is 0. The van der Waals surface area contributed by atoms with Crippen LogP contribution in [0.25, 0.3) is 0 Å². The minimum atomic E-state index is 0.626. The lowest BCUT2D eigenvalue weighted by molar-refractivity contribution is 0.751. The van der Waals surface area contributed by atoms with Crippen molar-refractivity contribution in [2.45, 2.75) is 27.2 Å². The molecule has 0 aliphatic rings. The van der Waals surface area contributed by atoms with Crippen molar-refractivity contribution in [2.75, 3.05) is 0 Å². The van der Waals surface area contributed by atoms with Crippen LogP contribution >= 0.6 is 0 Å². The molecule has 0 aromatic carbocycles. The standard InChI is InChI=1S/C9H16/c1-5-6-7-9(4)8(2)3/h5-6,8H,4,7H2,1-3H3/b6-5-. The van der Waals surface area contributed by atoms with Gasteiger partial charge in [-0.1, -0.05) is 38.2 Å². The van der Waals surface area contributed by atoms with E-state index in [9.17, 15) is 0 Å². The Balaban J connectivity index is 3.51. The number of hydrogen-bond acceptors (Lipinski definition) is 0. The average Bonchev–Trinajstić information content (AvgIpc) is 1.82. The Bertz CT molecular complexity index is 107. The van der Waals surface area contributed by atoms with Crippen molar-refractivity contribution < 1.29 is 0 Å². The molecule has 9 heavy (non-hydrogen) atoms. The average molecular weight is 124 g/mol. The highest BCUT2D eigenvalue weighted by Crippen LogP contribution is 2.10. The van der Waals surface area contributed by atoms with Crippen molar-refractivity contribution in [1.29, 1.82) is 0 Å². The Morgan fingerprint density at radius 1 is 1.56 bits per heavy atom. The molecule has 0 unspecified atom stereocenters. The summed E-state index contributed by atoms with van der Waals surface area (Å²) in [6, 6.07) is 0. The lowest BCUT2D eigenvalue weighted by Crippen LogP contribution is -1.89. The van der Waals surface area contributed by atoms with E-state index in [1.165, 1.54) is 5.57 Å². The molecule has 0 heteroatoms. The van der Waals surface area contributed by atoms with Crippen LogP contribution in [-0.4, -0.2) is 0 Å². The molecule has 0 saturated heterocycles. The van der Waals surface area contributed by atoms with Gasteiger partial charge in [-0.3, -0.25) is 0 Å². The third-order valence-electron chi connectivity index (χ3n) is 1.43. The Hall–Kier alpha value is -0.520. The fraction of sp³-hybridized carbons (Fsp3) is 0.556.